The minimum absolute atomic E-state index is 0.0133. The van der Waals surface area contributed by atoms with Crippen LogP contribution in [0.1, 0.15) is 36.8 Å². The average molecular weight is 470 g/mol. The van der Waals surface area contributed by atoms with Crippen LogP contribution in [0.15, 0.2) is 59.5 Å². The molecule has 9 heteroatoms. The largest absolute Gasteiger partial charge is 0.352 e. The molecule has 0 radical (unpaired) electrons. The van der Waals surface area contributed by atoms with Gasteiger partial charge in [-0.1, -0.05) is 72.9 Å². The van der Waals surface area contributed by atoms with E-state index in [2.05, 4.69) is 5.32 Å². The van der Waals surface area contributed by atoms with Gasteiger partial charge < -0.3 is 5.32 Å². The van der Waals surface area contributed by atoms with Crippen LogP contribution >= 0.6 is 24.0 Å². The highest BCUT2D eigenvalue weighted by Crippen LogP contribution is 2.33. The number of carbonyl (C=O) groups excluding carboxylic acids is 2. The highest BCUT2D eigenvalue weighted by atomic mass is 32.2. The van der Waals surface area contributed by atoms with Crippen molar-refractivity contribution in [3.8, 4) is 0 Å². The summed E-state index contributed by atoms with van der Waals surface area (Å²) in [7, 11) is 0. The van der Waals surface area contributed by atoms with Crippen LogP contribution in [-0.2, 0) is 16.1 Å². The molecule has 0 bridgehead atoms. The van der Waals surface area contributed by atoms with Gasteiger partial charge in [0.05, 0.1) is 9.83 Å². The number of nitro benzene ring substituents is 1. The first-order valence-corrected chi connectivity index (χ1v) is 11.5. The Morgan fingerprint density at radius 1 is 1.12 bits per heavy atom. The zero-order chi connectivity index (χ0) is 22.9. The second-order valence-electron chi connectivity index (χ2n) is 7.26. The van der Waals surface area contributed by atoms with E-state index in [1.165, 1.54) is 23.9 Å². The second-order valence-corrected chi connectivity index (χ2v) is 8.93. The zero-order valence-corrected chi connectivity index (χ0v) is 19.0. The Morgan fingerprint density at radius 3 is 2.66 bits per heavy atom. The summed E-state index contributed by atoms with van der Waals surface area (Å²) in [6.07, 6.45) is 4.35. The molecule has 0 unspecified atom stereocenters. The van der Waals surface area contributed by atoms with Gasteiger partial charge in [-0.15, -0.1) is 0 Å². The molecule has 1 fully saturated rings. The van der Waals surface area contributed by atoms with Gasteiger partial charge in [0.2, 0.25) is 5.91 Å². The van der Waals surface area contributed by atoms with Crippen molar-refractivity contribution in [3.63, 3.8) is 0 Å². The molecule has 2 aromatic rings. The Labute approximate surface area is 196 Å². The van der Waals surface area contributed by atoms with Gasteiger partial charge in [-0.3, -0.25) is 24.6 Å². The van der Waals surface area contributed by atoms with Gasteiger partial charge in [-0.25, -0.2) is 0 Å². The van der Waals surface area contributed by atoms with Gasteiger partial charge in [-0.05, 0) is 30.0 Å². The maximum atomic E-state index is 12.7. The van der Waals surface area contributed by atoms with E-state index in [4.69, 9.17) is 12.2 Å². The van der Waals surface area contributed by atoms with Crippen LogP contribution in [0.2, 0.25) is 0 Å². The molecular formula is C23H23N3O4S2. The molecule has 2 amide bonds. The number of hydrogen-bond donors (Lipinski definition) is 1. The van der Waals surface area contributed by atoms with Crippen LogP contribution in [0.5, 0.6) is 0 Å². The second kappa shape index (κ2) is 11.5. The standard InChI is InChI=1S/C23H23N3O4S2/c27-21(24-16-17-8-3-1-4-9-17)12-5-2-6-13-25-22(28)20(32-23(25)31)15-18-10-7-11-19(14-18)26(29)30/h1,3-4,7-11,14-15H,2,5-6,12-13,16H2,(H,24,27)/b20-15-. The van der Waals surface area contributed by atoms with E-state index < -0.39 is 4.92 Å². The summed E-state index contributed by atoms with van der Waals surface area (Å²) in [5.41, 5.74) is 1.62. The Morgan fingerprint density at radius 2 is 1.91 bits per heavy atom. The van der Waals surface area contributed by atoms with Crippen molar-refractivity contribution in [1.29, 1.82) is 0 Å². The number of thioether (sulfide) groups is 1. The molecule has 1 aliphatic rings. The first-order chi connectivity index (χ1) is 15.4. The highest BCUT2D eigenvalue weighted by Gasteiger charge is 2.31. The molecule has 166 valence electrons. The van der Waals surface area contributed by atoms with E-state index in [1.807, 2.05) is 30.3 Å². The molecule has 7 nitrogen and oxygen atoms in total. The normalized spacial score (nSPS) is 14.8. The number of nitro groups is 1. The van der Waals surface area contributed by atoms with Crippen molar-refractivity contribution < 1.29 is 14.5 Å². The molecule has 1 N–H and O–H groups in total. The molecule has 1 heterocycles. The Hall–Kier alpha value is -3.04. The topological polar surface area (TPSA) is 92.5 Å². The third-order valence-electron chi connectivity index (χ3n) is 4.87. The number of hydrogen-bond acceptors (Lipinski definition) is 6. The average Bonchev–Trinajstić information content (AvgIpc) is 3.05. The molecule has 1 aliphatic heterocycles. The van der Waals surface area contributed by atoms with Crippen LogP contribution in [0.4, 0.5) is 5.69 Å². The zero-order valence-electron chi connectivity index (χ0n) is 17.4. The summed E-state index contributed by atoms with van der Waals surface area (Å²) in [6, 6.07) is 15.9. The lowest BCUT2D eigenvalue weighted by Crippen LogP contribution is -2.29. The molecule has 1 saturated heterocycles. The molecule has 0 aliphatic carbocycles. The monoisotopic (exact) mass is 469 g/mol. The summed E-state index contributed by atoms with van der Waals surface area (Å²) >= 11 is 6.53. The van der Waals surface area contributed by atoms with Crippen LogP contribution in [0.25, 0.3) is 6.08 Å². The molecule has 0 aromatic heterocycles. The van der Waals surface area contributed by atoms with Crippen LogP contribution in [0, 0.1) is 10.1 Å². The SMILES string of the molecule is O=C(CCCCCN1C(=O)/C(=C/c2cccc([N+](=O)[O-])c2)SC1=S)NCc1ccccc1. The lowest BCUT2D eigenvalue weighted by Gasteiger charge is -2.14. The van der Waals surface area contributed by atoms with Crippen molar-refractivity contribution in [1.82, 2.24) is 10.2 Å². The number of rotatable bonds is 10. The Balaban J connectivity index is 1.41. The maximum absolute atomic E-state index is 12.7. The van der Waals surface area contributed by atoms with E-state index in [-0.39, 0.29) is 17.5 Å². The quantitative estimate of drug-likeness (QED) is 0.179. The molecule has 3 rings (SSSR count). The summed E-state index contributed by atoms with van der Waals surface area (Å²) in [5.74, 6) is -0.175. The predicted octanol–water partition coefficient (Wildman–Crippen LogP) is 4.67. The number of nitrogens with zero attached hydrogens (tertiary/aromatic N) is 2. The van der Waals surface area contributed by atoms with Crippen LogP contribution in [-0.4, -0.2) is 32.5 Å². The summed E-state index contributed by atoms with van der Waals surface area (Å²) in [4.78, 5) is 37.1. The van der Waals surface area contributed by atoms with Gasteiger partial charge >= 0.3 is 0 Å². The predicted molar refractivity (Wildman–Crippen MR) is 130 cm³/mol. The fourth-order valence-electron chi connectivity index (χ4n) is 3.19. The summed E-state index contributed by atoms with van der Waals surface area (Å²) < 4.78 is 0.479. The van der Waals surface area contributed by atoms with Crippen molar-refractivity contribution in [2.75, 3.05) is 6.54 Å². The molecule has 0 atom stereocenters. The van der Waals surface area contributed by atoms with Gasteiger partial charge in [-0.2, -0.15) is 0 Å². The van der Waals surface area contributed by atoms with E-state index >= 15 is 0 Å². The molecular weight excluding hydrogens is 446 g/mol. The first-order valence-electron chi connectivity index (χ1n) is 10.2. The summed E-state index contributed by atoms with van der Waals surface area (Å²) in [6.45, 7) is 1.01. The Bertz CT molecular complexity index is 1040. The number of nitrogens with one attached hydrogen (secondary N) is 1. The highest BCUT2D eigenvalue weighted by molar-refractivity contribution is 8.26. The van der Waals surface area contributed by atoms with Gasteiger partial charge in [0.25, 0.3) is 11.6 Å². The molecule has 0 spiro atoms. The van der Waals surface area contributed by atoms with Crippen molar-refractivity contribution in [2.45, 2.75) is 32.2 Å². The minimum atomic E-state index is -0.468. The Kier molecular flexibility index (Phi) is 8.52. The van der Waals surface area contributed by atoms with Crippen LogP contribution in [0.3, 0.4) is 0 Å². The number of amides is 2. The molecule has 32 heavy (non-hydrogen) atoms. The fourth-order valence-corrected chi connectivity index (χ4v) is 4.50. The maximum Gasteiger partial charge on any atom is 0.270 e. The van der Waals surface area contributed by atoms with Gasteiger partial charge in [0.15, 0.2) is 0 Å². The number of thiocarbonyl (C=S) groups is 1. The van der Waals surface area contributed by atoms with Crippen LogP contribution < -0.4 is 5.32 Å². The molecule has 2 aromatic carbocycles. The molecule has 0 saturated carbocycles. The van der Waals surface area contributed by atoms with Gasteiger partial charge in [0.1, 0.15) is 4.32 Å². The van der Waals surface area contributed by atoms with E-state index in [1.54, 1.807) is 23.1 Å². The minimum Gasteiger partial charge on any atom is -0.352 e. The van der Waals surface area contributed by atoms with E-state index in [0.717, 1.165) is 24.8 Å². The smallest absolute Gasteiger partial charge is 0.270 e. The third-order valence-corrected chi connectivity index (χ3v) is 6.25. The fraction of sp³-hybridized carbons (Fsp3) is 0.261. The lowest BCUT2D eigenvalue weighted by atomic mass is 10.1. The number of unbranched alkanes of at least 4 members (excludes halogenated alkanes) is 2. The van der Waals surface area contributed by atoms with Crippen molar-refractivity contribution in [3.05, 3.63) is 80.7 Å². The first kappa shape index (κ1) is 23.6. The lowest BCUT2D eigenvalue weighted by molar-refractivity contribution is -0.384. The van der Waals surface area contributed by atoms with Crippen molar-refractivity contribution in [2.24, 2.45) is 0 Å². The number of non-ortho nitro benzene ring substituents is 1. The van der Waals surface area contributed by atoms with E-state index in [9.17, 15) is 19.7 Å². The van der Waals surface area contributed by atoms with Crippen molar-refractivity contribution >= 4 is 51.9 Å². The third kappa shape index (κ3) is 6.73. The van der Waals surface area contributed by atoms with Gasteiger partial charge in [0, 0.05) is 31.6 Å². The van der Waals surface area contributed by atoms with E-state index in [0.29, 0.717) is 34.3 Å². The summed E-state index contributed by atoms with van der Waals surface area (Å²) in [5, 5.41) is 13.8. The number of carbonyl (C=O) groups is 2. The number of benzene rings is 2.